The van der Waals surface area contributed by atoms with E-state index in [0.29, 0.717) is 18.2 Å². The Kier molecular flexibility index (Phi) is 6.20. The normalized spacial score (nSPS) is 11.6. The van der Waals surface area contributed by atoms with E-state index in [2.05, 4.69) is 33.6 Å². The molecule has 0 atom stereocenters. The minimum absolute atomic E-state index is 0.364. The number of allylic oxidation sites excluding steroid dienone is 1. The van der Waals surface area contributed by atoms with Crippen molar-refractivity contribution in [3.05, 3.63) is 89.3 Å². The Hall–Kier alpha value is -3.61. The molecule has 0 fully saturated rings. The second kappa shape index (κ2) is 8.82. The third-order valence-electron chi connectivity index (χ3n) is 4.58. The molecule has 4 nitrogen and oxygen atoms in total. The highest BCUT2D eigenvalue weighted by Crippen LogP contribution is 2.32. The maximum absolute atomic E-state index is 12.6. The van der Waals surface area contributed by atoms with E-state index in [4.69, 9.17) is 0 Å². The van der Waals surface area contributed by atoms with Crippen LogP contribution in [0.15, 0.2) is 66.4 Å². The molecule has 0 unspecified atom stereocenters. The van der Waals surface area contributed by atoms with Crippen LogP contribution in [-0.2, 0) is 12.7 Å². The number of H-pyrrole nitrogens is 1. The molecule has 2 N–H and O–H groups in total. The van der Waals surface area contributed by atoms with Crippen LogP contribution in [0.25, 0.3) is 11.6 Å². The van der Waals surface area contributed by atoms with E-state index < -0.39 is 11.7 Å². The first-order valence-electron chi connectivity index (χ1n) is 9.20. The van der Waals surface area contributed by atoms with E-state index in [1.54, 1.807) is 12.3 Å². The highest BCUT2D eigenvalue weighted by molar-refractivity contribution is 5.86. The molecular formula is C23H21F3N4. The topological polar surface area (TPSA) is 53.1 Å². The average molecular weight is 410 g/mol. The smallest absolute Gasteiger partial charge is 0.366 e. The minimum atomic E-state index is -4.33. The Morgan fingerprint density at radius 3 is 2.50 bits per heavy atom. The lowest BCUT2D eigenvalue weighted by Gasteiger charge is -2.10. The molecule has 154 valence electrons. The van der Waals surface area contributed by atoms with Crippen molar-refractivity contribution in [3.63, 3.8) is 0 Å². The van der Waals surface area contributed by atoms with Crippen LogP contribution in [0.1, 0.15) is 34.7 Å². The fourth-order valence-electron chi connectivity index (χ4n) is 2.98. The maximum atomic E-state index is 12.6. The Morgan fingerprint density at radius 2 is 1.93 bits per heavy atom. The molecule has 2 heterocycles. The van der Waals surface area contributed by atoms with Gasteiger partial charge in [0.05, 0.1) is 5.56 Å². The Bertz CT molecular complexity index is 1060. The van der Waals surface area contributed by atoms with E-state index in [1.165, 1.54) is 12.1 Å². The first-order valence-corrected chi connectivity index (χ1v) is 9.20. The van der Waals surface area contributed by atoms with E-state index >= 15 is 0 Å². The number of nitrogens with zero attached hydrogens (tertiary/aromatic N) is 2. The first-order chi connectivity index (χ1) is 14.3. The SMILES string of the molecule is C=Nc1[nH]cc(C(=C)c2ccc(NCc3ccc(C(F)(F)F)cc3)nc2)c1/C=C\C. The summed E-state index contributed by atoms with van der Waals surface area (Å²) >= 11 is 0. The van der Waals surface area contributed by atoms with Gasteiger partial charge >= 0.3 is 6.18 Å². The lowest BCUT2D eigenvalue weighted by atomic mass is 9.99. The Morgan fingerprint density at radius 1 is 1.20 bits per heavy atom. The van der Waals surface area contributed by atoms with Crippen LogP contribution < -0.4 is 5.32 Å². The molecule has 7 heteroatoms. The zero-order chi connectivity index (χ0) is 21.7. The molecule has 1 aromatic carbocycles. The number of nitrogens with one attached hydrogen (secondary N) is 2. The van der Waals surface area contributed by atoms with Crippen molar-refractivity contribution in [2.45, 2.75) is 19.6 Å². The van der Waals surface area contributed by atoms with Gasteiger partial charge in [0.15, 0.2) is 0 Å². The lowest BCUT2D eigenvalue weighted by Crippen LogP contribution is -2.06. The highest BCUT2D eigenvalue weighted by Gasteiger charge is 2.29. The molecular weight excluding hydrogens is 389 g/mol. The van der Waals surface area contributed by atoms with Crippen LogP contribution in [0.5, 0.6) is 0 Å². The van der Waals surface area contributed by atoms with Gasteiger partial charge in [0.25, 0.3) is 0 Å². The van der Waals surface area contributed by atoms with E-state index in [1.807, 2.05) is 31.3 Å². The second-order valence-electron chi connectivity index (χ2n) is 6.58. The molecule has 2 aromatic heterocycles. The third-order valence-corrected chi connectivity index (χ3v) is 4.58. The molecule has 3 rings (SSSR count). The van der Waals surface area contributed by atoms with Crippen LogP contribution in [-0.4, -0.2) is 16.7 Å². The molecule has 0 spiro atoms. The van der Waals surface area contributed by atoms with E-state index in [9.17, 15) is 13.2 Å². The molecule has 0 saturated heterocycles. The molecule has 0 aliphatic rings. The fourth-order valence-corrected chi connectivity index (χ4v) is 2.98. The predicted octanol–water partition coefficient (Wildman–Crippen LogP) is 6.47. The maximum Gasteiger partial charge on any atom is 0.416 e. The summed E-state index contributed by atoms with van der Waals surface area (Å²) in [5, 5.41) is 3.11. The van der Waals surface area contributed by atoms with Crippen molar-refractivity contribution in [3.8, 4) is 0 Å². The van der Waals surface area contributed by atoms with E-state index in [0.717, 1.165) is 40.0 Å². The molecule has 0 saturated carbocycles. The van der Waals surface area contributed by atoms with Gasteiger partial charge in [0.1, 0.15) is 11.6 Å². The molecule has 0 aliphatic heterocycles. The van der Waals surface area contributed by atoms with Gasteiger partial charge in [-0.05, 0) is 49.0 Å². The van der Waals surface area contributed by atoms with E-state index in [-0.39, 0.29) is 0 Å². The fraction of sp³-hybridized carbons (Fsp3) is 0.130. The number of alkyl halides is 3. The number of hydrogen-bond donors (Lipinski definition) is 2. The van der Waals surface area contributed by atoms with Crippen molar-refractivity contribution in [2.75, 3.05) is 5.32 Å². The Labute approximate surface area is 172 Å². The summed E-state index contributed by atoms with van der Waals surface area (Å²) in [6.45, 7) is 10.0. The number of aliphatic imine (C=N–C) groups is 1. The predicted molar refractivity (Wildman–Crippen MR) is 116 cm³/mol. The molecule has 30 heavy (non-hydrogen) atoms. The summed E-state index contributed by atoms with van der Waals surface area (Å²) in [6.07, 6.45) is 3.05. The first kappa shape index (κ1) is 21.1. The van der Waals surface area contributed by atoms with Gasteiger partial charge in [0.2, 0.25) is 0 Å². The number of pyridine rings is 1. The molecule has 0 bridgehead atoms. The summed E-state index contributed by atoms with van der Waals surface area (Å²) in [5.41, 5.74) is 3.51. The summed E-state index contributed by atoms with van der Waals surface area (Å²) in [5.74, 6) is 1.29. The zero-order valence-electron chi connectivity index (χ0n) is 16.4. The number of aromatic nitrogens is 2. The number of aromatic amines is 1. The van der Waals surface area contributed by atoms with Gasteiger partial charge in [-0.1, -0.05) is 30.9 Å². The number of anilines is 1. The van der Waals surface area contributed by atoms with Crippen LogP contribution in [0.2, 0.25) is 0 Å². The monoisotopic (exact) mass is 410 g/mol. The number of hydrogen-bond acceptors (Lipinski definition) is 3. The van der Waals surface area contributed by atoms with Crippen LogP contribution >= 0.6 is 0 Å². The zero-order valence-corrected chi connectivity index (χ0v) is 16.4. The average Bonchev–Trinajstić information content (AvgIpc) is 3.15. The van der Waals surface area contributed by atoms with Gasteiger partial charge in [-0.3, -0.25) is 0 Å². The quantitative estimate of drug-likeness (QED) is 0.439. The lowest BCUT2D eigenvalue weighted by molar-refractivity contribution is -0.137. The van der Waals surface area contributed by atoms with Gasteiger partial charge in [-0.25, -0.2) is 9.98 Å². The van der Waals surface area contributed by atoms with Crippen molar-refractivity contribution in [1.82, 2.24) is 9.97 Å². The number of halogens is 3. The van der Waals surface area contributed by atoms with Crippen molar-refractivity contribution in [2.24, 2.45) is 4.99 Å². The van der Waals surface area contributed by atoms with Crippen molar-refractivity contribution in [1.29, 1.82) is 0 Å². The van der Waals surface area contributed by atoms with Crippen LogP contribution in [0, 0.1) is 0 Å². The van der Waals surface area contributed by atoms with Crippen molar-refractivity contribution < 1.29 is 13.2 Å². The largest absolute Gasteiger partial charge is 0.416 e. The van der Waals surface area contributed by atoms with Crippen molar-refractivity contribution >= 4 is 30.0 Å². The second-order valence-corrected chi connectivity index (χ2v) is 6.58. The van der Waals surface area contributed by atoms with Crippen LogP contribution in [0.4, 0.5) is 24.8 Å². The third kappa shape index (κ3) is 4.68. The summed E-state index contributed by atoms with van der Waals surface area (Å²) in [6, 6.07) is 8.74. The summed E-state index contributed by atoms with van der Waals surface area (Å²) < 4.78 is 37.9. The molecule has 3 aromatic rings. The summed E-state index contributed by atoms with van der Waals surface area (Å²) in [7, 11) is 0. The highest BCUT2D eigenvalue weighted by atomic mass is 19.4. The Balaban J connectivity index is 1.69. The van der Waals surface area contributed by atoms with Gasteiger partial charge in [-0.2, -0.15) is 13.2 Å². The number of rotatable bonds is 7. The molecule has 0 radical (unpaired) electrons. The van der Waals surface area contributed by atoms with Gasteiger partial charge in [0, 0.05) is 35.6 Å². The molecule has 0 aliphatic carbocycles. The number of benzene rings is 1. The molecule has 0 amide bonds. The standard InChI is InChI=1S/C23H21F3N4/c1-4-5-19-20(14-30-22(19)27-3)15(2)17-8-11-21(29-13-17)28-12-16-6-9-18(10-7-16)23(24,25)26/h4-11,13-14,30H,2-3,12H2,1H3,(H,28,29)/b5-4-. The van der Waals surface area contributed by atoms with Crippen LogP contribution in [0.3, 0.4) is 0 Å². The van der Waals surface area contributed by atoms with Gasteiger partial charge in [-0.15, -0.1) is 0 Å². The minimum Gasteiger partial charge on any atom is -0.366 e. The van der Waals surface area contributed by atoms with Gasteiger partial charge < -0.3 is 10.3 Å². The summed E-state index contributed by atoms with van der Waals surface area (Å²) in [4.78, 5) is 11.4.